The van der Waals surface area contributed by atoms with Gasteiger partial charge in [-0.15, -0.1) is 4.91 Å². The third-order valence-electron chi connectivity index (χ3n) is 0. The van der Waals surface area contributed by atoms with Gasteiger partial charge in [-0.05, 0) is 11.0 Å². The van der Waals surface area contributed by atoms with Crippen LogP contribution >= 0.6 is 0 Å². The van der Waals surface area contributed by atoms with Gasteiger partial charge in [-0.25, -0.2) is 0 Å². The monoisotopic (exact) mass is 87.0 g/mol. The molecule has 0 aliphatic carbocycles. The fourth-order valence-corrected chi connectivity index (χ4v) is 0. The molecule has 0 atom stereocenters. The van der Waals surface area contributed by atoms with Crippen LogP contribution in [0.5, 0.6) is 0 Å². The van der Waals surface area contributed by atoms with Gasteiger partial charge in [0.2, 0.25) is 0 Å². The Morgan fingerprint density at radius 3 is 1.60 bits per heavy atom. The van der Waals surface area contributed by atoms with E-state index in [1.165, 1.54) is 5.34 Å². The normalized spacial score (nSPS) is 2.40. The van der Waals surface area contributed by atoms with E-state index in [1.807, 2.05) is 0 Å². The van der Waals surface area contributed by atoms with E-state index in [4.69, 9.17) is 10.1 Å². The quantitative estimate of drug-likeness (QED) is 0.212. The molecule has 1 N–H and O–H groups in total. The summed E-state index contributed by atoms with van der Waals surface area (Å²) in [5.41, 5.74) is 0. The van der Waals surface area contributed by atoms with Gasteiger partial charge in [-0.3, -0.25) is 0 Å². The minimum absolute atomic E-state index is 0. The predicted molar refractivity (Wildman–Crippen MR) is 26.1 cm³/mol. The second kappa shape index (κ2) is 29.5. The van der Waals surface area contributed by atoms with Gasteiger partial charge in [-0.2, -0.15) is 0 Å². The first-order valence-electron chi connectivity index (χ1n) is 0.383. The Bertz CT molecular complexity index is 17.1. The van der Waals surface area contributed by atoms with Gasteiger partial charge in [-0.1, -0.05) is 0 Å². The van der Waals surface area contributed by atoms with Crippen LogP contribution in [-0.2, 0) is 0 Å². The average Bonchev–Trinajstić information content (AvgIpc) is 0.918. The van der Waals surface area contributed by atoms with Gasteiger partial charge in [0.25, 0.3) is 0 Å². The second-order valence-corrected chi connectivity index (χ2v) is 0.0816. The molecule has 0 aromatic carbocycles. The van der Waals surface area contributed by atoms with Crippen molar-refractivity contribution in [2.45, 2.75) is 0 Å². The molecule has 0 spiro atoms. The van der Waals surface area contributed by atoms with Gasteiger partial charge in [0, 0.05) is 0 Å². The third-order valence-corrected chi connectivity index (χ3v) is 0. The van der Waals surface area contributed by atoms with Crippen LogP contribution in [0.2, 0.25) is 0 Å². The van der Waals surface area contributed by atoms with Gasteiger partial charge >= 0.3 is 18.9 Å². The SMILES string of the molecule is O=NO.[LiH].[SiH4]. The molecular formula is H6LiNO2Si. The Morgan fingerprint density at radius 2 is 1.60 bits per heavy atom. The van der Waals surface area contributed by atoms with Crippen LogP contribution in [0, 0.1) is 4.91 Å². The fourth-order valence-electron chi connectivity index (χ4n) is 0. The zero-order valence-electron chi connectivity index (χ0n) is 1.30. The van der Waals surface area contributed by atoms with Crippen molar-refractivity contribution in [3.05, 3.63) is 4.91 Å². The summed E-state index contributed by atoms with van der Waals surface area (Å²) < 4.78 is 0. The van der Waals surface area contributed by atoms with E-state index in [-0.39, 0.29) is 29.8 Å². The molecule has 0 heterocycles. The fraction of sp³-hybridized carbons (Fsp3) is 0. The van der Waals surface area contributed by atoms with Crippen molar-refractivity contribution in [3.8, 4) is 0 Å². The van der Waals surface area contributed by atoms with Gasteiger partial charge in [0.1, 0.15) is 0 Å². The molecule has 0 aliphatic heterocycles. The number of hydrogen-bond donors (Lipinski definition) is 1. The maximum absolute atomic E-state index is 8.11. The van der Waals surface area contributed by atoms with E-state index >= 15 is 0 Å². The van der Waals surface area contributed by atoms with Crippen LogP contribution in [0.3, 0.4) is 0 Å². The Hall–Kier alpha value is 0.214. The van der Waals surface area contributed by atoms with E-state index in [0.29, 0.717) is 0 Å². The van der Waals surface area contributed by atoms with E-state index in [1.54, 1.807) is 0 Å². The minimum atomic E-state index is 0. The molecule has 0 unspecified atom stereocenters. The van der Waals surface area contributed by atoms with Crippen molar-refractivity contribution in [1.29, 1.82) is 0 Å². The average molecular weight is 87.1 g/mol. The first-order chi connectivity index (χ1) is 1.41. The number of rotatable bonds is 0. The summed E-state index contributed by atoms with van der Waals surface area (Å²) in [6.45, 7) is 0. The molecule has 0 saturated carbocycles. The summed E-state index contributed by atoms with van der Waals surface area (Å²) in [6.07, 6.45) is 0. The first-order valence-corrected chi connectivity index (χ1v) is 0.383. The van der Waals surface area contributed by atoms with Crippen LogP contribution in [0.15, 0.2) is 5.34 Å². The summed E-state index contributed by atoms with van der Waals surface area (Å²) in [5.74, 6) is 0. The molecule has 28 valence electrons. The van der Waals surface area contributed by atoms with Crippen molar-refractivity contribution in [3.63, 3.8) is 0 Å². The van der Waals surface area contributed by atoms with Crippen molar-refractivity contribution in [1.82, 2.24) is 0 Å². The third kappa shape index (κ3) is 450. The summed E-state index contributed by atoms with van der Waals surface area (Å²) in [7, 11) is 0. The van der Waals surface area contributed by atoms with E-state index in [2.05, 4.69) is 0 Å². The number of nitrogens with zero attached hydrogens (tertiary/aromatic N) is 1. The molecular weight excluding hydrogens is 81.0 g/mol. The molecule has 0 bridgehead atoms. The summed E-state index contributed by atoms with van der Waals surface area (Å²) in [5, 5.41) is 7.89. The Balaban J connectivity index is -0.0000000200. The first kappa shape index (κ1) is 18.9. The molecule has 0 aromatic rings. The Labute approximate surface area is 45.9 Å². The Kier molecular flexibility index (Phi) is 112. The largest absolute Gasteiger partial charge is 0.0149 e. The summed E-state index contributed by atoms with van der Waals surface area (Å²) >= 11 is 0. The van der Waals surface area contributed by atoms with Gasteiger partial charge in [0.15, 0.2) is 5.34 Å². The van der Waals surface area contributed by atoms with Crippen molar-refractivity contribution in [2.75, 3.05) is 0 Å². The van der Waals surface area contributed by atoms with Crippen LogP contribution in [0.25, 0.3) is 0 Å². The van der Waals surface area contributed by atoms with Crippen LogP contribution in [-0.4, -0.2) is 35.0 Å². The van der Waals surface area contributed by atoms with Crippen LogP contribution < -0.4 is 0 Å². The van der Waals surface area contributed by atoms with Crippen LogP contribution in [0.1, 0.15) is 0 Å². The zero-order chi connectivity index (χ0) is 2.71. The molecule has 0 rings (SSSR count). The molecule has 0 aromatic heterocycles. The van der Waals surface area contributed by atoms with Gasteiger partial charge < -0.3 is 5.21 Å². The number of hydrogen-bond acceptors (Lipinski definition) is 2. The summed E-state index contributed by atoms with van der Waals surface area (Å²) in [4.78, 5) is 8.11. The van der Waals surface area contributed by atoms with Crippen molar-refractivity contribution < 1.29 is 5.21 Å². The standard InChI is InChI=1S/Li.HNO2.H4Si.H/c;2-1-3;;/h;(H,2,3);1H4;. The van der Waals surface area contributed by atoms with Crippen molar-refractivity contribution in [2.24, 2.45) is 5.34 Å². The maximum atomic E-state index is 8.11. The minimum Gasteiger partial charge on any atom is -0.0149 e. The summed E-state index contributed by atoms with van der Waals surface area (Å²) in [6, 6.07) is 0. The molecule has 0 saturated heterocycles. The maximum Gasteiger partial charge on any atom is -0.0149 e. The molecule has 5 heteroatoms. The Morgan fingerprint density at radius 1 is 1.60 bits per heavy atom. The molecule has 0 amide bonds. The smallest absolute Gasteiger partial charge is 0.0149 e. The van der Waals surface area contributed by atoms with Gasteiger partial charge in [0.05, 0.1) is 0 Å². The topological polar surface area (TPSA) is 49.7 Å². The van der Waals surface area contributed by atoms with Crippen molar-refractivity contribution >= 4 is 29.8 Å². The predicted octanol–water partition coefficient (Wildman–Crippen LogP) is -1.96. The second-order valence-electron chi connectivity index (χ2n) is 0.0816. The van der Waals surface area contributed by atoms with E-state index in [0.717, 1.165) is 0 Å². The molecule has 0 radical (unpaired) electrons. The van der Waals surface area contributed by atoms with Crippen LogP contribution in [0.4, 0.5) is 0 Å². The molecule has 3 nitrogen and oxygen atoms in total. The molecule has 0 fully saturated rings. The zero-order valence-corrected chi connectivity index (χ0v) is 1.30. The molecule has 5 heavy (non-hydrogen) atoms. The van der Waals surface area contributed by atoms with E-state index in [9.17, 15) is 0 Å². The van der Waals surface area contributed by atoms with E-state index < -0.39 is 0 Å². The molecule has 0 aliphatic rings.